The van der Waals surface area contributed by atoms with Crippen LogP contribution in [0.15, 0.2) is 0 Å². The molecule has 1 aliphatic heterocycles. The molecule has 0 aromatic carbocycles. The number of morpholine rings is 1. The van der Waals surface area contributed by atoms with Crippen molar-refractivity contribution >= 4 is 0 Å². The van der Waals surface area contributed by atoms with Gasteiger partial charge >= 0.3 is 0 Å². The van der Waals surface area contributed by atoms with E-state index >= 15 is 0 Å². The molecule has 1 heterocycles. The summed E-state index contributed by atoms with van der Waals surface area (Å²) in [6, 6.07) is 0.409. The Morgan fingerprint density at radius 2 is 1.83 bits per heavy atom. The van der Waals surface area contributed by atoms with Crippen LogP contribution in [0.25, 0.3) is 0 Å². The van der Waals surface area contributed by atoms with Gasteiger partial charge in [0.25, 0.3) is 0 Å². The highest BCUT2D eigenvalue weighted by Gasteiger charge is 2.35. The Morgan fingerprint density at radius 1 is 1.17 bits per heavy atom. The van der Waals surface area contributed by atoms with Gasteiger partial charge in [-0.2, -0.15) is 0 Å². The van der Waals surface area contributed by atoms with Crippen LogP contribution in [0.1, 0.15) is 40.0 Å². The van der Waals surface area contributed by atoms with Crippen molar-refractivity contribution < 1.29 is 4.74 Å². The molecule has 2 rings (SSSR count). The number of hydrogen-bond acceptors (Lipinski definition) is 3. The minimum absolute atomic E-state index is 0.409. The molecule has 0 bridgehead atoms. The SMILES string of the molecule is CC(C)(C)C1CCC(N)C(CN2CCOCC2)C1. The van der Waals surface area contributed by atoms with E-state index < -0.39 is 0 Å². The molecule has 3 unspecified atom stereocenters. The second-order valence-corrected chi connectivity index (χ2v) is 7.21. The van der Waals surface area contributed by atoms with Crippen LogP contribution in [0, 0.1) is 17.3 Å². The van der Waals surface area contributed by atoms with Gasteiger partial charge in [-0.1, -0.05) is 20.8 Å². The molecule has 3 atom stereocenters. The summed E-state index contributed by atoms with van der Waals surface area (Å²) >= 11 is 0. The first-order valence-electron chi connectivity index (χ1n) is 7.52. The molecule has 0 aromatic heterocycles. The highest BCUT2D eigenvalue weighted by atomic mass is 16.5. The largest absolute Gasteiger partial charge is 0.379 e. The van der Waals surface area contributed by atoms with Gasteiger partial charge in [0.1, 0.15) is 0 Å². The molecule has 2 aliphatic rings. The molecule has 0 radical (unpaired) electrons. The Labute approximate surface area is 112 Å². The molecule has 0 aromatic rings. The van der Waals surface area contributed by atoms with Crippen molar-refractivity contribution in [2.24, 2.45) is 23.0 Å². The van der Waals surface area contributed by atoms with Crippen LogP contribution in [0.2, 0.25) is 0 Å². The second-order valence-electron chi connectivity index (χ2n) is 7.21. The highest BCUT2D eigenvalue weighted by Crippen LogP contribution is 2.40. The molecule has 1 saturated heterocycles. The normalized spacial score (nSPS) is 35.7. The van der Waals surface area contributed by atoms with Crippen LogP contribution in [0.5, 0.6) is 0 Å². The molecule has 0 spiro atoms. The summed E-state index contributed by atoms with van der Waals surface area (Å²) < 4.78 is 5.42. The lowest BCUT2D eigenvalue weighted by atomic mass is 9.67. The van der Waals surface area contributed by atoms with Crippen molar-refractivity contribution in [1.29, 1.82) is 0 Å². The maximum atomic E-state index is 6.34. The maximum absolute atomic E-state index is 6.34. The number of hydrogen-bond donors (Lipinski definition) is 1. The van der Waals surface area contributed by atoms with E-state index in [-0.39, 0.29) is 0 Å². The molecule has 18 heavy (non-hydrogen) atoms. The standard InChI is InChI=1S/C15H30N2O/c1-15(2,3)13-4-5-14(16)12(10-13)11-17-6-8-18-9-7-17/h12-14H,4-11,16H2,1-3H3. The first-order chi connectivity index (χ1) is 8.47. The van der Waals surface area contributed by atoms with Gasteiger partial charge < -0.3 is 10.5 Å². The van der Waals surface area contributed by atoms with Crippen LogP contribution in [0.3, 0.4) is 0 Å². The Balaban J connectivity index is 1.88. The summed E-state index contributed by atoms with van der Waals surface area (Å²) in [6.07, 6.45) is 3.82. The molecule has 1 saturated carbocycles. The topological polar surface area (TPSA) is 38.5 Å². The molecule has 3 heteroatoms. The van der Waals surface area contributed by atoms with Crippen molar-refractivity contribution in [2.75, 3.05) is 32.8 Å². The van der Waals surface area contributed by atoms with E-state index in [9.17, 15) is 0 Å². The summed E-state index contributed by atoms with van der Waals surface area (Å²) in [6.45, 7) is 12.3. The number of nitrogens with two attached hydrogens (primary N) is 1. The summed E-state index contributed by atoms with van der Waals surface area (Å²) in [5.74, 6) is 1.52. The minimum Gasteiger partial charge on any atom is -0.379 e. The zero-order chi connectivity index (χ0) is 13.2. The highest BCUT2D eigenvalue weighted by molar-refractivity contribution is 4.89. The Kier molecular flexibility index (Phi) is 4.68. The average Bonchev–Trinajstić information content (AvgIpc) is 2.32. The minimum atomic E-state index is 0.409. The van der Waals surface area contributed by atoms with Crippen molar-refractivity contribution in [3.8, 4) is 0 Å². The van der Waals surface area contributed by atoms with Crippen molar-refractivity contribution in [3.63, 3.8) is 0 Å². The lowest BCUT2D eigenvalue weighted by molar-refractivity contribution is 0.0181. The smallest absolute Gasteiger partial charge is 0.0594 e. The predicted molar refractivity (Wildman–Crippen MR) is 75.5 cm³/mol. The lowest BCUT2D eigenvalue weighted by Gasteiger charge is -2.42. The van der Waals surface area contributed by atoms with Gasteiger partial charge in [-0.15, -0.1) is 0 Å². The Morgan fingerprint density at radius 3 is 2.44 bits per heavy atom. The van der Waals surface area contributed by atoms with E-state index in [0.717, 1.165) is 32.2 Å². The van der Waals surface area contributed by atoms with Crippen LogP contribution < -0.4 is 5.73 Å². The molecule has 3 nitrogen and oxygen atoms in total. The van der Waals surface area contributed by atoms with Crippen molar-refractivity contribution in [1.82, 2.24) is 4.90 Å². The summed E-state index contributed by atoms with van der Waals surface area (Å²) in [5, 5.41) is 0. The fraction of sp³-hybridized carbons (Fsp3) is 1.00. The quantitative estimate of drug-likeness (QED) is 0.820. The first kappa shape index (κ1) is 14.3. The van der Waals surface area contributed by atoms with E-state index in [2.05, 4.69) is 25.7 Å². The second kappa shape index (κ2) is 5.89. The van der Waals surface area contributed by atoms with Crippen LogP contribution in [-0.4, -0.2) is 43.8 Å². The molecular weight excluding hydrogens is 224 g/mol. The van der Waals surface area contributed by atoms with Crippen LogP contribution >= 0.6 is 0 Å². The summed E-state index contributed by atoms with van der Waals surface area (Å²) in [5.41, 5.74) is 6.78. The monoisotopic (exact) mass is 254 g/mol. The van der Waals surface area contributed by atoms with E-state index in [1.54, 1.807) is 0 Å². The fourth-order valence-electron chi connectivity index (χ4n) is 3.40. The molecule has 0 amide bonds. The van der Waals surface area contributed by atoms with Gasteiger partial charge in [0, 0.05) is 25.7 Å². The van der Waals surface area contributed by atoms with E-state index in [4.69, 9.17) is 10.5 Å². The summed E-state index contributed by atoms with van der Waals surface area (Å²) in [4.78, 5) is 2.54. The van der Waals surface area contributed by atoms with Crippen LogP contribution in [-0.2, 0) is 4.74 Å². The number of ether oxygens (including phenoxy) is 1. The van der Waals surface area contributed by atoms with Gasteiger partial charge in [-0.05, 0) is 36.5 Å². The number of nitrogens with zero attached hydrogens (tertiary/aromatic N) is 1. The van der Waals surface area contributed by atoms with Crippen molar-refractivity contribution in [3.05, 3.63) is 0 Å². The molecular formula is C15H30N2O. The van der Waals surface area contributed by atoms with E-state index in [1.165, 1.54) is 25.8 Å². The number of rotatable bonds is 2. The Hall–Kier alpha value is -0.120. The zero-order valence-corrected chi connectivity index (χ0v) is 12.3. The van der Waals surface area contributed by atoms with Crippen LogP contribution in [0.4, 0.5) is 0 Å². The average molecular weight is 254 g/mol. The van der Waals surface area contributed by atoms with Gasteiger partial charge in [0.05, 0.1) is 13.2 Å². The van der Waals surface area contributed by atoms with Gasteiger partial charge in [0.15, 0.2) is 0 Å². The van der Waals surface area contributed by atoms with E-state index in [1.807, 2.05) is 0 Å². The third kappa shape index (κ3) is 3.69. The van der Waals surface area contributed by atoms with Crippen molar-refractivity contribution in [2.45, 2.75) is 46.1 Å². The van der Waals surface area contributed by atoms with E-state index in [0.29, 0.717) is 17.4 Å². The molecule has 1 aliphatic carbocycles. The summed E-state index contributed by atoms with van der Waals surface area (Å²) in [7, 11) is 0. The zero-order valence-electron chi connectivity index (χ0n) is 12.3. The van der Waals surface area contributed by atoms with Gasteiger partial charge in [0.2, 0.25) is 0 Å². The predicted octanol–water partition coefficient (Wildman–Crippen LogP) is 2.11. The fourth-order valence-corrected chi connectivity index (χ4v) is 3.40. The third-order valence-electron chi connectivity index (χ3n) is 4.86. The lowest BCUT2D eigenvalue weighted by Crippen LogP contribution is -2.47. The van der Waals surface area contributed by atoms with Gasteiger partial charge in [-0.3, -0.25) is 4.90 Å². The Bertz CT molecular complexity index is 256. The first-order valence-corrected chi connectivity index (χ1v) is 7.52. The molecule has 2 fully saturated rings. The maximum Gasteiger partial charge on any atom is 0.0594 e. The molecule has 106 valence electrons. The third-order valence-corrected chi connectivity index (χ3v) is 4.86. The van der Waals surface area contributed by atoms with Gasteiger partial charge in [-0.25, -0.2) is 0 Å². The molecule has 2 N–H and O–H groups in total.